The highest BCUT2D eigenvalue weighted by Gasteiger charge is 2.34. The molecule has 1 aliphatic heterocycles. The molecule has 1 amide bonds. The largest absolute Gasteiger partial charge is 0.396 e. The van der Waals surface area contributed by atoms with Gasteiger partial charge in [-0.25, -0.2) is 9.97 Å². The number of amides is 1. The number of aliphatic hydroxyl groups is 1. The molecule has 2 aliphatic rings. The third-order valence-corrected chi connectivity index (χ3v) is 5.94. The molecule has 30 heavy (non-hydrogen) atoms. The van der Waals surface area contributed by atoms with Crippen LogP contribution < -0.4 is 5.32 Å². The van der Waals surface area contributed by atoms with Gasteiger partial charge in [-0.3, -0.25) is 9.78 Å². The molecule has 2 N–H and O–H groups in total. The number of aryl methyl sites for hydroxylation is 1. The lowest BCUT2D eigenvalue weighted by Gasteiger charge is -2.29. The fourth-order valence-electron chi connectivity index (χ4n) is 4.15. The van der Waals surface area contributed by atoms with Gasteiger partial charge in [-0.2, -0.15) is 0 Å². The van der Waals surface area contributed by atoms with E-state index in [-0.39, 0.29) is 18.6 Å². The van der Waals surface area contributed by atoms with Crippen molar-refractivity contribution in [3.63, 3.8) is 0 Å². The van der Waals surface area contributed by atoms with Crippen LogP contribution in [0.5, 0.6) is 0 Å². The Morgan fingerprint density at radius 1 is 1.20 bits per heavy atom. The predicted molar refractivity (Wildman–Crippen MR) is 111 cm³/mol. The van der Waals surface area contributed by atoms with Crippen LogP contribution in [0.25, 0.3) is 0 Å². The van der Waals surface area contributed by atoms with Crippen molar-refractivity contribution < 1.29 is 14.7 Å². The van der Waals surface area contributed by atoms with Gasteiger partial charge in [-0.1, -0.05) is 5.16 Å². The molecule has 2 aromatic heterocycles. The molecule has 0 bridgehead atoms. The standard InChI is InChI=1S/C22H27N5O3/c1-14-25-18(10-20(26-14)22(29)24-12-15-6-8-23-9-7-15)19-11-21(30-27-19)17-4-2-16(13-28)3-5-17/h6-10,16-17,21,28H,2-5,11-13H2,1H3,(H,24,29)/t16-,17-,21-/m0/s1. The summed E-state index contributed by atoms with van der Waals surface area (Å²) in [5, 5.41) is 16.5. The number of hydrogen-bond donors (Lipinski definition) is 2. The molecule has 0 radical (unpaired) electrons. The number of hydrogen-bond acceptors (Lipinski definition) is 7. The molecule has 0 aromatic carbocycles. The van der Waals surface area contributed by atoms with E-state index < -0.39 is 0 Å². The van der Waals surface area contributed by atoms with Gasteiger partial charge < -0.3 is 15.3 Å². The van der Waals surface area contributed by atoms with Crippen molar-refractivity contribution in [2.75, 3.05) is 6.61 Å². The Morgan fingerprint density at radius 3 is 2.70 bits per heavy atom. The van der Waals surface area contributed by atoms with E-state index in [0.29, 0.717) is 42.0 Å². The zero-order chi connectivity index (χ0) is 20.9. The second-order valence-corrected chi connectivity index (χ2v) is 8.07. The second kappa shape index (κ2) is 9.30. The van der Waals surface area contributed by atoms with Gasteiger partial charge in [0.15, 0.2) is 0 Å². The first kappa shape index (κ1) is 20.4. The van der Waals surface area contributed by atoms with Gasteiger partial charge in [-0.05, 0) is 68.2 Å². The van der Waals surface area contributed by atoms with Gasteiger partial charge in [-0.15, -0.1) is 0 Å². The molecule has 2 aromatic rings. The molecule has 8 heteroatoms. The summed E-state index contributed by atoms with van der Waals surface area (Å²) in [7, 11) is 0. The Morgan fingerprint density at radius 2 is 1.97 bits per heavy atom. The van der Waals surface area contributed by atoms with Crippen LogP contribution in [0.15, 0.2) is 35.7 Å². The van der Waals surface area contributed by atoms with Crippen molar-refractivity contribution in [2.45, 2.75) is 51.7 Å². The molecule has 4 rings (SSSR count). The number of pyridine rings is 1. The highest BCUT2D eigenvalue weighted by molar-refractivity contribution is 6.01. The number of carbonyl (C=O) groups is 1. The summed E-state index contributed by atoms with van der Waals surface area (Å²) in [5.41, 5.74) is 2.69. The number of oxime groups is 1. The van der Waals surface area contributed by atoms with Gasteiger partial charge in [0.05, 0.1) is 5.69 Å². The summed E-state index contributed by atoms with van der Waals surface area (Å²) in [6, 6.07) is 5.40. The van der Waals surface area contributed by atoms with E-state index in [2.05, 4.69) is 25.4 Å². The molecule has 1 saturated carbocycles. The third kappa shape index (κ3) is 4.81. The number of nitrogens with one attached hydrogen (secondary N) is 1. The minimum atomic E-state index is -0.253. The van der Waals surface area contributed by atoms with Gasteiger partial charge in [0, 0.05) is 32.0 Å². The summed E-state index contributed by atoms with van der Waals surface area (Å²) in [6.45, 7) is 2.45. The maximum absolute atomic E-state index is 12.6. The summed E-state index contributed by atoms with van der Waals surface area (Å²) in [6.07, 6.45) is 8.27. The average molecular weight is 409 g/mol. The van der Waals surface area contributed by atoms with E-state index in [9.17, 15) is 9.90 Å². The van der Waals surface area contributed by atoms with Gasteiger partial charge in [0.25, 0.3) is 5.91 Å². The van der Waals surface area contributed by atoms with Crippen molar-refractivity contribution in [2.24, 2.45) is 17.0 Å². The van der Waals surface area contributed by atoms with Crippen molar-refractivity contribution in [1.29, 1.82) is 0 Å². The molecule has 1 fully saturated rings. The van der Waals surface area contributed by atoms with Gasteiger partial charge >= 0.3 is 0 Å². The van der Waals surface area contributed by atoms with Crippen molar-refractivity contribution in [1.82, 2.24) is 20.3 Å². The Balaban J connectivity index is 1.39. The van der Waals surface area contributed by atoms with Crippen LogP contribution in [0.2, 0.25) is 0 Å². The molecular weight excluding hydrogens is 382 g/mol. The van der Waals surface area contributed by atoms with E-state index >= 15 is 0 Å². The topological polar surface area (TPSA) is 110 Å². The summed E-state index contributed by atoms with van der Waals surface area (Å²) in [5.74, 6) is 1.13. The maximum atomic E-state index is 12.6. The van der Waals surface area contributed by atoms with Crippen LogP contribution in [0.1, 0.15) is 59.7 Å². The lowest BCUT2D eigenvalue weighted by atomic mass is 9.78. The predicted octanol–water partition coefficient (Wildman–Crippen LogP) is 2.40. The maximum Gasteiger partial charge on any atom is 0.270 e. The first-order valence-electron chi connectivity index (χ1n) is 10.5. The fraction of sp³-hybridized carbons (Fsp3) is 0.500. The molecule has 3 heterocycles. The Bertz CT molecular complexity index is 910. The number of nitrogens with zero attached hydrogens (tertiary/aromatic N) is 4. The highest BCUT2D eigenvalue weighted by atomic mass is 16.6. The SMILES string of the molecule is Cc1nc(C(=O)NCc2ccncc2)cc(C2=NO[C@H]([C@H]3CC[C@H](CO)CC3)C2)n1. The fourth-order valence-corrected chi connectivity index (χ4v) is 4.15. The van der Waals surface area contributed by atoms with Crippen LogP contribution in [0, 0.1) is 18.8 Å². The quantitative estimate of drug-likeness (QED) is 0.758. The average Bonchev–Trinajstić information content (AvgIpc) is 3.28. The van der Waals surface area contributed by atoms with Gasteiger partial charge in [0.2, 0.25) is 0 Å². The third-order valence-electron chi connectivity index (χ3n) is 5.94. The lowest BCUT2D eigenvalue weighted by molar-refractivity contribution is 0.0163. The molecule has 0 saturated heterocycles. The first-order valence-corrected chi connectivity index (χ1v) is 10.5. The summed E-state index contributed by atoms with van der Waals surface area (Å²) < 4.78 is 0. The molecule has 1 atom stereocenters. The highest BCUT2D eigenvalue weighted by Crippen LogP contribution is 2.35. The van der Waals surface area contributed by atoms with E-state index in [1.165, 1.54) is 0 Å². The molecule has 158 valence electrons. The van der Waals surface area contributed by atoms with E-state index in [4.69, 9.17) is 4.84 Å². The summed E-state index contributed by atoms with van der Waals surface area (Å²) >= 11 is 0. The van der Waals surface area contributed by atoms with Crippen molar-refractivity contribution >= 4 is 11.6 Å². The number of aliphatic hydroxyl groups excluding tert-OH is 1. The molecule has 0 unspecified atom stereocenters. The second-order valence-electron chi connectivity index (χ2n) is 8.07. The summed E-state index contributed by atoms with van der Waals surface area (Å²) in [4.78, 5) is 31.1. The minimum Gasteiger partial charge on any atom is -0.396 e. The van der Waals surface area contributed by atoms with Gasteiger partial charge in [0.1, 0.15) is 23.3 Å². The van der Waals surface area contributed by atoms with Crippen LogP contribution in [0.4, 0.5) is 0 Å². The van der Waals surface area contributed by atoms with Crippen LogP contribution in [-0.4, -0.2) is 44.4 Å². The van der Waals surface area contributed by atoms with Crippen LogP contribution in [0.3, 0.4) is 0 Å². The Kier molecular flexibility index (Phi) is 6.32. The normalized spacial score (nSPS) is 23.5. The zero-order valence-corrected chi connectivity index (χ0v) is 17.1. The first-order chi connectivity index (χ1) is 14.6. The van der Waals surface area contributed by atoms with Crippen molar-refractivity contribution in [3.05, 3.63) is 53.4 Å². The van der Waals surface area contributed by atoms with Crippen LogP contribution >= 0.6 is 0 Å². The monoisotopic (exact) mass is 409 g/mol. The number of carbonyl (C=O) groups excluding carboxylic acids is 1. The number of aromatic nitrogens is 3. The zero-order valence-electron chi connectivity index (χ0n) is 17.1. The molecule has 0 spiro atoms. The van der Waals surface area contributed by atoms with E-state index in [0.717, 1.165) is 37.0 Å². The number of rotatable bonds is 6. The minimum absolute atomic E-state index is 0.0406. The Hall–Kier alpha value is -2.87. The van der Waals surface area contributed by atoms with E-state index in [1.54, 1.807) is 25.4 Å². The Labute approximate surface area is 175 Å². The van der Waals surface area contributed by atoms with Crippen LogP contribution in [-0.2, 0) is 11.4 Å². The molecule has 1 aliphatic carbocycles. The van der Waals surface area contributed by atoms with E-state index in [1.807, 2.05) is 12.1 Å². The smallest absolute Gasteiger partial charge is 0.270 e. The lowest BCUT2D eigenvalue weighted by Crippen LogP contribution is -2.27. The molecular formula is C22H27N5O3. The van der Waals surface area contributed by atoms with Crippen molar-refractivity contribution in [3.8, 4) is 0 Å². The molecule has 8 nitrogen and oxygen atoms in total.